The Morgan fingerprint density at radius 2 is 1.68 bits per heavy atom. The van der Waals surface area contributed by atoms with E-state index in [0.29, 0.717) is 19.1 Å². The van der Waals surface area contributed by atoms with Crippen molar-refractivity contribution < 1.29 is 23.1 Å². The van der Waals surface area contributed by atoms with Gasteiger partial charge in [0, 0.05) is 25.7 Å². The van der Waals surface area contributed by atoms with Crippen LogP contribution < -0.4 is 5.32 Å². The maximum Gasteiger partial charge on any atom is 0.310 e. The minimum atomic E-state index is -3.81. The molecule has 0 saturated carbocycles. The van der Waals surface area contributed by atoms with Gasteiger partial charge in [0.05, 0.1) is 24.0 Å². The summed E-state index contributed by atoms with van der Waals surface area (Å²) in [5.74, 6) is 0.272. The van der Waals surface area contributed by atoms with E-state index in [1.54, 1.807) is 25.1 Å². The number of β-amino-alcohol motifs (C(OH)–C–C–N with tert-alkyl or cyclic N) is 1. The zero-order valence-corrected chi connectivity index (χ0v) is 25.3. The van der Waals surface area contributed by atoms with Gasteiger partial charge >= 0.3 is 5.97 Å². The summed E-state index contributed by atoms with van der Waals surface area (Å²) in [7, 11) is -2.32. The molecular formula is C33H42N2O5S. The third-order valence-corrected chi connectivity index (χ3v) is 9.52. The molecule has 3 aromatic carbocycles. The van der Waals surface area contributed by atoms with E-state index in [9.17, 15) is 18.3 Å². The van der Waals surface area contributed by atoms with E-state index >= 15 is 0 Å². The fraction of sp³-hybridized carbons (Fsp3) is 0.424. The smallest absolute Gasteiger partial charge is 0.310 e. The van der Waals surface area contributed by atoms with E-state index in [1.165, 1.54) is 22.5 Å². The summed E-state index contributed by atoms with van der Waals surface area (Å²) in [5, 5.41) is 14.2. The number of hydrogen-bond acceptors (Lipinski definition) is 6. The van der Waals surface area contributed by atoms with Crippen molar-refractivity contribution in [3.8, 4) is 11.1 Å². The molecule has 0 saturated heterocycles. The number of rotatable bonds is 13. The first kappa shape index (κ1) is 30.9. The van der Waals surface area contributed by atoms with Crippen molar-refractivity contribution in [2.45, 2.75) is 63.0 Å². The molecule has 0 heterocycles. The van der Waals surface area contributed by atoms with Crippen LogP contribution in [0.5, 0.6) is 0 Å². The standard InChI is InChI=1S/C33H42N2O5S/c1-5-40-32(37)19-24-13-15-26(16-14-24)29-11-8-12-31(20-29)41(38,39)35(4)23-30(36)22-34-33(2,3)21-25-17-27-9-6-7-10-28(27)18-25/h6-16,20,25,30,34,36H,5,17-19,21-23H2,1-4H3/t30-/m1/s1. The van der Waals surface area contributed by atoms with Crippen LogP contribution >= 0.6 is 0 Å². The Bertz CT molecular complexity index is 1410. The molecule has 0 spiro atoms. The molecule has 0 amide bonds. The zero-order chi connectivity index (χ0) is 29.6. The zero-order valence-electron chi connectivity index (χ0n) is 24.5. The number of nitrogens with one attached hydrogen (secondary N) is 1. The number of benzene rings is 3. The third kappa shape index (κ3) is 8.26. The first-order chi connectivity index (χ1) is 19.5. The molecule has 41 heavy (non-hydrogen) atoms. The molecule has 0 unspecified atom stereocenters. The Kier molecular flexibility index (Phi) is 10.0. The second-order valence-corrected chi connectivity index (χ2v) is 13.7. The monoisotopic (exact) mass is 578 g/mol. The van der Waals surface area contributed by atoms with Crippen molar-refractivity contribution in [3.63, 3.8) is 0 Å². The maximum absolute atomic E-state index is 13.4. The minimum Gasteiger partial charge on any atom is -0.466 e. The quantitative estimate of drug-likeness (QED) is 0.288. The van der Waals surface area contributed by atoms with Gasteiger partial charge in [-0.25, -0.2) is 8.42 Å². The van der Waals surface area contributed by atoms with E-state index in [1.807, 2.05) is 30.3 Å². The summed E-state index contributed by atoms with van der Waals surface area (Å²) in [6, 6.07) is 22.8. The van der Waals surface area contributed by atoms with E-state index in [-0.39, 0.29) is 29.4 Å². The number of fused-ring (bicyclic) bond motifs is 1. The predicted molar refractivity (Wildman–Crippen MR) is 162 cm³/mol. The van der Waals surface area contributed by atoms with Gasteiger partial charge in [-0.05, 0) is 85.9 Å². The maximum atomic E-state index is 13.4. The van der Waals surface area contributed by atoms with Crippen molar-refractivity contribution in [1.82, 2.24) is 9.62 Å². The van der Waals surface area contributed by atoms with Crippen molar-refractivity contribution in [1.29, 1.82) is 0 Å². The topological polar surface area (TPSA) is 95.9 Å². The van der Waals surface area contributed by atoms with Crippen LogP contribution in [-0.4, -0.2) is 62.2 Å². The summed E-state index contributed by atoms with van der Waals surface area (Å²) in [5.41, 5.74) is 5.08. The Balaban J connectivity index is 1.32. The van der Waals surface area contributed by atoms with Crippen molar-refractivity contribution in [2.24, 2.45) is 5.92 Å². The molecule has 0 radical (unpaired) electrons. The van der Waals surface area contributed by atoms with Gasteiger partial charge in [0.1, 0.15) is 0 Å². The molecular weight excluding hydrogens is 536 g/mol. The number of ether oxygens (including phenoxy) is 1. The molecule has 0 bridgehead atoms. The number of hydrogen-bond donors (Lipinski definition) is 2. The molecule has 2 N–H and O–H groups in total. The van der Waals surface area contributed by atoms with Crippen molar-refractivity contribution in [2.75, 3.05) is 26.7 Å². The summed E-state index contributed by atoms with van der Waals surface area (Å²) in [4.78, 5) is 11.9. The highest BCUT2D eigenvalue weighted by Crippen LogP contribution is 2.32. The molecule has 3 aromatic rings. The van der Waals surface area contributed by atoms with Crippen LogP contribution in [0.3, 0.4) is 0 Å². The van der Waals surface area contributed by atoms with Gasteiger partial charge in [-0.1, -0.05) is 60.7 Å². The number of carbonyl (C=O) groups is 1. The highest BCUT2D eigenvalue weighted by atomic mass is 32.2. The highest BCUT2D eigenvalue weighted by Gasteiger charge is 2.29. The normalized spacial score (nSPS) is 14.7. The number of nitrogens with zero attached hydrogens (tertiary/aromatic N) is 1. The van der Waals surface area contributed by atoms with Crippen LogP contribution in [0.4, 0.5) is 0 Å². The van der Waals surface area contributed by atoms with Crippen LogP contribution in [0.2, 0.25) is 0 Å². The summed E-state index contributed by atoms with van der Waals surface area (Å²) in [6.07, 6.45) is 2.45. The number of aliphatic hydroxyl groups is 1. The largest absolute Gasteiger partial charge is 0.466 e. The van der Waals surface area contributed by atoms with Crippen LogP contribution in [0, 0.1) is 5.92 Å². The predicted octanol–water partition coefficient (Wildman–Crippen LogP) is 4.61. The lowest BCUT2D eigenvalue weighted by molar-refractivity contribution is -0.142. The molecule has 1 atom stereocenters. The van der Waals surface area contributed by atoms with Gasteiger partial charge in [0.2, 0.25) is 10.0 Å². The number of sulfonamides is 1. The summed E-state index contributed by atoms with van der Waals surface area (Å²) < 4.78 is 33.0. The molecule has 220 valence electrons. The SMILES string of the molecule is CCOC(=O)Cc1ccc(-c2cccc(S(=O)(=O)N(C)C[C@H](O)CNC(C)(C)CC3Cc4ccccc4C3)c2)cc1. The second kappa shape index (κ2) is 13.3. The van der Waals surface area contributed by atoms with Gasteiger partial charge < -0.3 is 15.2 Å². The Hall–Kier alpha value is -3.04. The third-order valence-electron chi connectivity index (χ3n) is 7.70. The molecule has 8 heteroatoms. The lowest BCUT2D eigenvalue weighted by atomic mass is 9.88. The summed E-state index contributed by atoms with van der Waals surface area (Å²) in [6.45, 7) is 6.66. The average Bonchev–Trinajstić information content (AvgIpc) is 3.34. The fourth-order valence-corrected chi connectivity index (χ4v) is 6.91. The van der Waals surface area contributed by atoms with Gasteiger partial charge in [-0.3, -0.25) is 4.79 Å². The van der Waals surface area contributed by atoms with Crippen LogP contribution in [-0.2, 0) is 38.8 Å². The van der Waals surface area contributed by atoms with Crippen LogP contribution in [0.15, 0.2) is 77.7 Å². The summed E-state index contributed by atoms with van der Waals surface area (Å²) >= 11 is 0. The minimum absolute atomic E-state index is 0.0208. The number of esters is 1. The van der Waals surface area contributed by atoms with Gasteiger partial charge in [-0.15, -0.1) is 0 Å². The van der Waals surface area contributed by atoms with Crippen LogP contribution in [0.1, 0.15) is 43.9 Å². The highest BCUT2D eigenvalue weighted by molar-refractivity contribution is 7.89. The molecule has 4 rings (SSSR count). The van der Waals surface area contributed by atoms with Gasteiger partial charge in [0.15, 0.2) is 0 Å². The first-order valence-corrected chi connectivity index (χ1v) is 15.7. The van der Waals surface area contributed by atoms with E-state index in [0.717, 1.165) is 36.0 Å². The molecule has 1 aliphatic rings. The van der Waals surface area contributed by atoms with E-state index < -0.39 is 16.1 Å². The first-order valence-electron chi connectivity index (χ1n) is 14.3. The fourth-order valence-electron chi connectivity index (χ4n) is 5.65. The Morgan fingerprint density at radius 3 is 2.32 bits per heavy atom. The van der Waals surface area contributed by atoms with E-state index in [4.69, 9.17) is 4.74 Å². The molecule has 7 nitrogen and oxygen atoms in total. The van der Waals surface area contributed by atoms with Crippen LogP contribution in [0.25, 0.3) is 11.1 Å². The Morgan fingerprint density at radius 1 is 1.02 bits per heavy atom. The second-order valence-electron chi connectivity index (χ2n) is 11.7. The van der Waals surface area contributed by atoms with E-state index in [2.05, 4.69) is 43.4 Å². The Labute approximate surface area is 244 Å². The van der Waals surface area contributed by atoms with Crippen molar-refractivity contribution >= 4 is 16.0 Å². The number of carbonyl (C=O) groups excluding carboxylic acids is 1. The molecule has 1 aliphatic carbocycles. The van der Waals surface area contributed by atoms with Gasteiger partial charge in [0.25, 0.3) is 0 Å². The number of likely N-dealkylation sites (N-methyl/N-ethyl adjacent to an activating group) is 1. The van der Waals surface area contributed by atoms with Gasteiger partial charge in [-0.2, -0.15) is 4.31 Å². The van der Waals surface area contributed by atoms with Crippen molar-refractivity contribution in [3.05, 3.63) is 89.5 Å². The average molecular weight is 579 g/mol. The lowest BCUT2D eigenvalue weighted by Crippen LogP contribution is -2.47. The molecule has 0 fully saturated rings. The molecule has 0 aliphatic heterocycles. The lowest BCUT2D eigenvalue weighted by Gasteiger charge is -2.31. The molecule has 0 aromatic heterocycles. The number of aliphatic hydroxyl groups excluding tert-OH is 1.